The first-order chi connectivity index (χ1) is 15.6. The lowest BCUT2D eigenvalue weighted by molar-refractivity contribution is -0.142. The zero-order valence-corrected chi connectivity index (χ0v) is 17.8. The molecule has 0 unspecified atom stereocenters. The van der Waals surface area contributed by atoms with Gasteiger partial charge in [0.2, 0.25) is 0 Å². The fourth-order valence-corrected chi connectivity index (χ4v) is 3.24. The monoisotopic (exact) mass is 478 g/mol. The van der Waals surface area contributed by atoms with Crippen LogP contribution in [-0.2, 0) is 18.0 Å². The van der Waals surface area contributed by atoms with Crippen molar-refractivity contribution in [2.75, 3.05) is 12.4 Å². The summed E-state index contributed by atoms with van der Waals surface area (Å²) in [7, 11) is 2.62. The van der Waals surface area contributed by atoms with Gasteiger partial charge in [-0.2, -0.15) is 23.4 Å². The Morgan fingerprint density at radius 3 is 2.48 bits per heavy atom. The molecule has 1 aromatic carbocycles. The second kappa shape index (κ2) is 8.20. The summed E-state index contributed by atoms with van der Waals surface area (Å²) >= 11 is 5.85. The summed E-state index contributed by atoms with van der Waals surface area (Å²) in [5.41, 5.74) is -1.27. The van der Waals surface area contributed by atoms with Crippen molar-refractivity contribution in [2.45, 2.75) is 6.18 Å². The number of hydrogen-bond donors (Lipinski definition) is 1. The van der Waals surface area contributed by atoms with E-state index in [1.165, 1.54) is 42.2 Å². The molecule has 1 amide bonds. The molecule has 0 aliphatic heterocycles. The summed E-state index contributed by atoms with van der Waals surface area (Å²) in [5, 5.41) is 10.5. The van der Waals surface area contributed by atoms with Crippen LogP contribution in [0.2, 0.25) is 5.02 Å². The summed E-state index contributed by atoms with van der Waals surface area (Å²) in [4.78, 5) is 28.8. The summed E-state index contributed by atoms with van der Waals surface area (Å²) < 4.78 is 47.6. The van der Waals surface area contributed by atoms with Crippen LogP contribution in [0.3, 0.4) is 0 Å². The Hall–Kier alpha value is -3.93. The highest BCUT2D eigenvalue weighted by atomic mass is 35.5. The number of ether oxygens (including phenoxy) is 1. The SMILES string of the molecule is COC(=O)c1c(NC(=O)c2cc3nc(-c4ccc(Cl)cc4)cc(C(F)(F)F)n3n2)cnn1C. The van der Waals surface area contributed by atoms with Crippen LogP contribution in [0.25, 0.3) is 16.9 Å². The predicted molar refractivity (Wildman–Crippen MR) is 111 cm³/mol. The molecule has 0 radical (unpaired) electrons. The molecule has 4 rings (SSSR count). The average molecular weight is 479 g/mol. The van der Waals surface area contributed by atoms with Gasteiger partial charge < -0.3 is 10.1 Å². The molecule has 0 aliphatic carbocycles. The maximum atomic E-state index is 13.7. The van der Waals surface area contributed by atoms with Crippen molar-refractivity contribution in [1.82, 2.24) is 24.4 Å². The van der Waals surface area contributed by atoms with Gasteiger partial charge in [-0.1, -0.05) is 23.7 Å². The number of fused-ring (bicyclic) bond motifs is 1. The van der Waals surface area contributed by atoms with E-state index in [0.29, 0.717) is 15.1 Å². The van der Waals surface area contributed by atoms with E-state index in [1.54, 1.807) is 0 Å². The van der Waals surface area contributed by atoms with Gasteiger partial charge in [0.15, 0.2) is 22.7 Å². The third-order valence-electron chi connectivity index (χ3n) is 4.66. The Morgan fingerprint density at radius 1 is 1.15 bits per heavy atom. The second-order valence-corrected chi connectivity index (χ2v) is 7.24. The molecule has 0 spiro atoms. The highest BCUT2D eigenvalue weighted by Crippen LogP contribution is 2.32. The first-order valence-electron chi connectivity index (χ1n) is 9.24. The Morgan fingerprint density at radius 2 is 1.85 bits per heavy atom. The van der Waals surface area contributed by atoms with E-state index < -0.39 is 23.7 Å². The molecule has 9 nitrogen and oxygen atoms in total. The predicted octanol–water partition coefficient (Wildman–Crippen LogP) is 3.84. The number of amides is 1. The van der Waals surface area contributed by atoms with E-state index in [4.69, 9.17) is 11.6 Å². The highest BCUT2D eigenvalue weighted by Gasteiger charge is 2.36. The number of benzene rings is 1. The summed E-state index contributed by atoms with van der Waals surface area (Å²) in [6.07, 6.45) is -3.57. The van der Waals surface area contributed by atoms with Gasteiger partial charge in [0.1, 0.15) is 0 Å². The number of anilines is 1. The number of nitrogens with zero attached hydrogens (tertiary/aromatic N) is 5. The topological polar surface area (TPSA) is 103 Å². The number of rotatable bonds is 4. The minimum Gasteiger partial charge on any atom is -0.464 e. The summed E-state index contributed by atoms with van der Waals surface area (Å²) in [5.74, 6) is -1.62. The molecule has 0 saturated heterocycles. The van der Waals surface area contributed by atoms with Crippen molar-refractivity contribution in [1.29, 1.82) is 0 Å². The van der Waals surface area contributed by atoms with Crippen LogP contribution in [0.4, 0.5) is 18.9 Å². The van der Waals surface area contributed by atoms with Gasteiger partial charge in [-0.3, -0.25) is 9.48 Å². The van der Waals surface area contributed by atoms with Crippen LogP contribution >= 0.6 is 11.6 Å². The highest BCUT2D eigenvalue weighted by molar-refractivity contribution is 6.30. The molecule has 33 heavy (non-hydrogen) atoms. The quantitative estimate of drug-likeness (QED) is 0.447. The smallest absolute Gasteiger partial charge is 0.433 e. The molecular weight excluding hydrogens is 465 g/mol. The lowest BCUT2D eigenvalue weighted by Crippen LogP contribution is -2.17. The third-order valence-corrected chi connectivity index (χ3v) is 4.91. The van der Waals surface area contributed by atoms with Crippen molar-refractivity contribution in [3.8, 4) is 11.3 Å². The number of esters is 1. The van der Waals surface area contributed by atoms with Crippen LogP contribution in [-0.4, -0.2) is 43.4 Å². The fourth-order valence-electron chi connectivity index (χ4n) is 3.11. The lowest BCUT2D eigenvalue weighted by Gasteiger charge is -2.11. The van der Waals surface area contributed by atoms with Gasteiger partial charge >= 0.3 is 12.1 Å². The Labute approximate surface area is 188 Å². The third kappa shape index (κ3) is 4.24. The molecule has 1 N–H and O–H groups in total. The second-order valence-electron chi connectivity index (χ2n) is 6.81. The molecule has 4 aromatic rings. The van der Waals surface area contributed by atoms with Crippen molar-refractivity contribution >= 4 is 34.8 Å². The van der Waals surface area contributed by atoms with Crippen molar-refractivity contribution in [3.05, 3.63) is 64.7 Å². The zero-order valence-electron chi connectivity index (χ0n) is 17.0. The number of hydrogen-bond acceptors (Lipinski definition) is 6. The standard InChI is InChI=1S/C20H14ClF3N6O3/c1-29-17(19(32)33-2)14(9-25-29)27-18(31)13-8-16-26-12(10-3-5-11(21)6-4-10)7-15(20(22,23)24)30(16)28-13/h3-9H,1-2H3,(H,27,31). The van der Waals surface area contributed by atoms with Crippen LogP contribution in [0, 0.1) is 0 Å². The first-order valence-corrected chi connectivity index (χ1v) is 9.62. The van der Waals surface area contributed by atoms with Crippen LogP contribution < -0.4 is 5.32 Å². The van der Waals surface area contributed by atoms with E-state index in [1.807, 2.05) is 0 Å². The minimum absolute atomic E-state index is 0.0114. The van der Waals surface area contributed by atoms with Gasteiger partial charge in [-0.25, -0.2) is 14.3 Å². The lowest BCUT2D eigenvalue weighted by atomic mass is 10.1. The molecule has 0 saturated carbocycles. The van der Waals surface area contributed by atoms with E-state index in [2.05, 4.69) is 25.2 Å². The van der Waals surface area contributed by atoms with Gasteiger partial charge in [0.05, 0.1) is 24.7 Å². The van der Waals surface area contributed by atoms with E-state index >= 15 is 0 Å². The number of alkyl halides is 3. The van der Waals surface area contributed by atoms with Gasteiger partial charge in [-0.05, 0) is 18.2 Å². The van der Waals surface area contributed by atoms with Gasteiger partial charge in [0, 0.05) is 23.7 Å². The number of methoxy groups -OCH3 is 1. The number of halogens is 4. The molecule has 0 aliphatic rings. The fraction of sp³-hybridized carbons (Fsp3) is 0.150. The number of aryl methyl sites for hydroxylation is 1. The molecule has 0 bridgehead atoms. The average Bonchev–Trinajstić information content (AvgIpc) is 3.35. The number of nitrogens with one attached hydrogen (secondary N) is 1. The summed E-state index contributed by atoms with van der Waals surface area (Å²) in [6, 6.07) is 8.06. The van der Waals surface area contributed by atoms with Crippen LogP contribution in [0.1, 0.15) is 26.7 Å². The Bertz CT molecular complexity index is 1380. The largest absolute Gasteiger partial charge is 0.464 e. The van der Waals surface area contributed by atoms with Crippen LogP contribution in [0.15, 0.2) is 42.6 Å². The van der Waals surface area contributed by atoms with Crippen molar-refractivity contribution < 1.29 is 27.5 Å². The maximum absolute atomic E-state index is 13.7. The zero-order chi connectivity index (χ0) is 23.9. The molecular formula is C20H14ClF3N6O3. The van der Waals surface area contributed by atoms with Crippen molar-refractivity contribution in [3.63, 3.8) is 0 Å². The first kappa shape index (κ1) is 22.3. The number of carbonyl (C=O) groups is 2. The van der Waals surface area contributed by atoms with Crippen LogP contribution in [0.5, 0.6) is 0 Å². The van der Waals surface area contributed by atoms with E-state index in [0.717, 1.165) is 19.2 Å². The molecule has 0 fully saturated rings. The molecule has 13 heteroatoms. The molecule has 3 aromatic heterocycles. The summed E-state index contributed by atoms with van der Waals surface area (Å²) in [6.45, 7) is 0. The maximum Gasteiger partial charge on any atom is 0.433 e. The number of aromatic nitrogens is 5. The Kier molecular flexibility index (Phi) is 5.54. The van der Waals surface area contributed by atoms with Crippen molar-refractivity contribution in [2.24, 2.45) is 7.05 Å². The minimum atomic E-state index is -4.77. The Balaban J connectivity index is 1.77. The molecule has 3 heterocycles. The van der Waals surface area contributed by atoms with E-state index in [-0.39, 0.29) is 28.4 Å². The van der Waals surface area contributed by atoms with E-state index in [9.17, 15) is 22.8 Å². The van der Waals surface area contributed by atoms with Gasteiger partial charge in [-0.15, -0.1) is 0 Å². The van der Waals surface area contributed by atoms with Gasteiger partial charge in [0.25, 0.3) is 5.91 Å². The molecule has 170 valence electrons. The number of carbonyl (C=O) groups excluding carboxylic acids is 2. The normalized spacial score (nSPS) is 11.6. The molecule has 0 atom stereocenters.